The van der Waals surface area contributed by atoms with Gasteiger partial charge >= 0.3 is 0 Å². The van der Waals surface area contributed by atoms with Crippen LogP contribution in [0.4, 0.5) is 0 Å². The summed E-state index contributed by atoms with van der Waals surface area (Å²) in [5.41, 5.74) is 0. The van der Waals surface area contributed by atoms with E-state index in [1.807, 2.05) is 0 Å². The zero-order chi connectivity index (χ0) is 8.55. The third-order valence-electron chi connectivity index (χ3n) is 3.61. The molecule has 0 aromatic carbocycles. The minimum atomic E-state index is 0.859. The zero-order valence-corrected chi connectivity index (χ0v) is 8.29. The summed E-state index contributed by atoms with van der Waals surface area (Å²) in [7, 11) is 2.31. The fourth-order valence-electron chi connectivity index (χ4n) is 2.66. The van der Waals surface area contributed by atoms with Crippen molar-refractivity contribution < 1.29 is 0 Å². The summed E-state index contributed by atoms with van der Waals surface area (Å²) in [5.74, 6) is 0. The van der Waals surface area contributed by atoms with E-state index in [1.165, 1.54) is 38.9 Å². The Kier molecular flexibility index (Phi) is 2.37. The van der Waals surface area contributed by atoms with Crippen molar-refractivity contribution in [3.63, 3.8) is 0 Å². The highest BCUT2D eigenvalue weighted by Crippen LogP contribution is 2.26. The van der Waals surface area contributed by atoms with Crippen molar-refractivity contribution in [1.82, 2.24) is 9.80 Å². The van der Waals surface area contributed by atoms with E-state index in [2.05, 4.69) is 23.8 Å². The van der Waals surface area contributed by atoms with Gasteiger partial charge in [-0.05, 0) is 26.4 Å². The van der Waals surface area contributed by atoms with E-state index >= 15 is 0 Å². The van der Waals surface area contributed by atoms with Crippen LogP contribution in [-0.2, 0) is 0 Å². The van der Waals surface area contributed by atoms with Crippen LogP contribution in [0.2, 0.25) is 0 Å². The van der Waals surface area contributed by atoms with Gasteiger partial charge in [-0.25, -0.2) is 0 Å². The number of hydrogen-bond acceptors (Lipinski definition) is 2. The van der Waals surface area contributed by atoms with Gasteiger partial charge in [-0.2, -0.15) is 0 Å². The Balaban J connectivity index is 2.02. The molecule has 2 heterocycles. The third kappa shape index (κ3) is 1.38. The van der Waals surface area contributed by atoms with Gasteiger partial charge in [0.05, 0.1) is 0 Å². The maximum Gasteiger partial charge on any atom is 0.0223 e. The number of rotatable bonds is 1. The van der Waals surface area contributed by atoms with E-state index in [-0.39, 0.29) is 0 Å². The first-order chi connectivity index (χ1) is 5.81. The monoisotopic (exact) mass is 168 g/mol. The summed E-state index contributed by atoms with van der Waals surface area (Å²) in [5, 5.41) is 0. The Hall–Kier alpha value is -0.0800. The minimum absolute atomic E-state index is 0.859. The molecule has 0 saturated carbocycles. The summed E-state index contributed by atoms with van der Waals surface area (Å²) in [4.78, 5) is 5.21. The fraction of sp³-hybridized carbons (Fsp3) is 1.00. The van der Waals surface area contributed by atoms with Crippen LogP contribution in [0.15, 0.2) is 0 Å². The van der Waals surface area contributed by atoms with Gasteiger partial charge in [0.25, 0.3) is 0 Å². The molecule has 0 aromatic heterocycles. The molecule has 2 aliphatic heterocycles. The molecule has 70 valence electrons. The van der Waals surface area contributed by atoms with Crippen molar-refractivity contribution in [3.05, 3.63) is 0 Å². The summed E-state index contributed by atoms with van der Waals surface area (Å²) < 4.78 is 0. The molecule has 0 N–H and O–H groups in total. The predicted molar refractivity (Wildman–Crippen MR) is 51.3 cm³/mol. The summed E-state index contributed by atoms with van der Waals surface area (Å²) in [6.45, 7) is 6.13. The predicted octanol–water partition coefficient (Wildman–Crippen LogP) is 1.17. The minimum Gasteiger partial charge on any atom is -0.301 e. The van der Waals surface area contributed by atoms with Crippen LogP contribution in [-0.4, -0.2) is 48.6 Å². The molecule has 2 nitrogen and oxygen atoms in total. The Morgan fingerprint density at radius 3 is 2.25 bits per heavy atom. The Labute approximate surface area is 75.5 Å². The first kappa shape index (κ1) is 8.52. The van der Waals surface area contributed by atoms with Gasteiger partial charge in [-0.3, -0.25) is 4.90 Å². The maximum atomic E-state index is 2.61. The Bertz CT molecular complexity index is 144. The van der Waals surface area contributed by atoms with Crippen LogP contribution < -0.4 is 0 Å². The SMILES string of the molecule is CCN1CC2CCCC(C1)N2C. The van der Waals surface area contributed by atoms with Crippen LogP contribution in [0.5, 0.6) is 0 Å². The second-order valence-electron chi connectivity index (χ2n) is 4.26. The molecule has 2 bridgehead atoms. The van der Waals surface area contributed by atoms with Crippen molar-refractivity contribution in [1.29, 1.82) is 0 Å². The third-order valence-corrected chi connectivity index (χ3v) is 3.61. The molecule has 2 heteroatoms. The molecule has 0 amide bonds. The van der Waals surface area contributed by atoms with Crippen molar-refractivity contribution >= 4 is 0 Å². The zero-order valence-electron chi connectivity index (χ0n) is 8.29. The summed E-state index contributed by atoms with van der Waals surface area (Å²) >= 11 is 0. The molecule has 2 unspecified atom stereocenters. The van der Waals surface area contributed by atoms with E-state index in [1.54, 1.807) is 0 Å². The van der Waals surface area contributed by atoms with Gasteiger partial charge in [0.2, 0.25) is 0 Å². The molecule has 2 aliphatic rings. The first-order valence-electron chi connectivity index (χ1n) is 5.25. The van der Waals surface area contributed by atoms with Gasteiger partial charge in [0.1, 0.15) is 0 Å². The molecule has 2 atom stereocenters. The molecule has 0 radical (unpaired) electrons. The van der Waals surface area contributed by atoms with E-state index in [0.29, 0.717) is 0 Å². The second kappa shape index (κ2) is 3.35. The molecule has 2 saturated heterocycles. The number of hydrogen-bond donors (Lipinski definition) is 0. The lowest BCUT2D eigenvalue weighted by Gasteiger charge is -2.48. The molecule has 2 fully saturated rings. The highest BCUT2D eigenvalue weighted by Gasteiger charge is 2.33. The number of piperazine rings is 1. The van der Waals surface area contributed by atoms with E-state index in [9.17, 15) is 0 Å². The Morgan fingerprint density at radius 1 is 1.17 bits per heavy atom. The molecular formula is C10H20N2. The topological polar surface area (TPSA) is 6.48 Å². The van der Waals surface area contributed by atoms with E-state index in [4.69, 9.17) is 0 Å². The van der Waals surface area contributed by atoms with Crippen LogP contribution in [0.25, 0.3) is 0 Å². The van der Waals surface area contributed by atoms with Gasteiger partial charge < -0.3 is 4.90 Å². The number of likely N-dealkylation sites (N-methyl/N-ethyl adjacent to an activating group) is 2. The lowest BCUT2D eigenvalue weighted by atomic mass is 9.92. The van der Waals surface area contributed by atoms with Crippen molar-refractivity contribution in [2.24, 2.45) is 0 Å². The summed E-state index contributed by atoms with van der Waals surface area (Å²) in [6, 6.07) is 1.72. The van der Waals surface area contributed by atoms with Crippen LogP contribution >= 0.6 is 0 Å². The number of likely N-dealkylation sites (tertiary alicyclic amines) is 1. The fourth-order valence-corrected chi connectivity index (χ4v) is 2.66. The van der Waals surface area contributed by atoms with Gasteiger partial charge in [0, 0.05) is 25.2 Å². The molecule has 12 heavy (non-hydrogen) atoms. The normalized spacial score (nSPS) is 38.5. The Morgan fingerprint density at radius 2 is 1.75 bits per heavy atom. The van der Waals surface area contributed by atoms with Crippen molar-refractivity contribution in [2.75, 3.05) is 26.7 Å². The van der Waals surface area contributed by atoms with E-state index in [0.717, 1.165) is 12.1 Å². The van der Waals surface area contributed by atoms with Crippen LogP contribution in [0, 0.1) is 0 Å². The van der Waals surface area contributed by atoms with Crippen LogP contribution in [0.3, 0.4) is 0 Å². The van der Waals surface area contributed by atoms with Gasteiger partial charge in [0.15, 0.2) is 0 Å². The molecular weight excluding hydrogens is 148 g/mol. The van der Waals surface area contributed by atoms with Gasteiger partial charge in [-0.1, -0.05) is 13.3 Å². The second-order valence-corrected chi connectivity index (χ2v) is 4.26. The average Bonchev–Trinajstić information content (AvgIpc) is 2.04. The lowest BCUT2D eigenvalue weighted by molar-refractivity contribution is 0.0125. The largest absolute Gasteiger partial charge is 0.301 e. The van der Waals surface area contributed by atoms with Gasteiger partial charge in [-0.15, -0.1) is 0 Å². The van der Waals surface area contributed by atoms with E-state index < -0.39 is 0 Å². The highest BCUT2D eigenvalue weighted by molar-refractivity contribution is 4.90. The highest BCUT2D eigenvalue weighted by atomic mass is 15.3. The lowest BCUT2D eigenvalue weighted by Crippen LogP contribution is -2.58. The average molecular weight is 168 g/mol. The molecule has 0 aromatic rings. The van der Waals surface area contributed by atoms with Crippen molar-refractivity contribution in [2.45, 2.75) is 38.3 Å². The molecule has 0 spiro atoms. The standard InChI is InChI=1S/C10H20N2/c1-3-12-7-9-5-4-6-10(8-12)11(9)2/h9-10H,3-8H2,1-2H3. The first-order valence-corrected chi connectivity index (χ1v) is 5.25. The smallest absolute Gasteiger partial charge is 0.0223 e. The van der Waals surface area contributed by atoms with Crippen molar-refractivity contribution in [3.8, 4) is 0 Å². The van der Waals surface area contributed by atoms with Crippen LogP contribution in [0.1, 0.15) is 26.2 Å². The number of nitrogens with zero attached hydrogens (tertiary/aromatic N) is 2. The number of fused-ring (bicyclic) bond motifs is 2. The summed E-state index contributed by atoms with van der Waals surface area (Å²) in [6.07, 6.45) is 4.30. The quantitative estimate of drug-likeness (QED) is 0.580. The molecule has 2 rings (SSSR count). The number of piperidine rings is 1. The maximum absolute atomic E-state index is 2.61. The molecule has 0 aliphatic carbocycles.